The molecule has 11 heteroatoms. The first kappa shape index (κ1) is 21.0. The standard InChI is InChI=1S/C21H18ClF4N5O/c1-11-17(22)19(21(24,25)26)28-30(11)15-7-8-29(20(15)32)16-10-27-31(18(16)12-5-6-12)14-4-2-3-13(23)9-14/h2-4,9-10,12,15H,5-8H2,1H3. The van der Waals surface area contributed by atoms with E-state index in [9.17, 15) is 22.4 Å². The minimum Gasteiger partial charge on any atom is -0.307 e. The van der Waals surface area contributed by atoms with Crippen molar-refractivity contribution in [3.8, 4) is 5.69 Å². The van der Waals surface area contributed by atoms with Gasteiger partial charge in [-0.05, 0) is 44.4 Å². The highest BCUT2D eigenvalue weighted by Crippen LogP contribution is 2.46. The molecular formula is C21H18ClF4N5O. The summed E-state index contributed by atoms with van der Waals surface area (Å²) in [6.07, 6.45) is -1.03. The average molecular weight is 468 g/mol. The van der Waals surface area contributed by atoms with E-state index in [4.69, 9.17) is 11.6 Å². The molecule has 1 unspecified atom stereocenters. The van der Waals surface area contributed by atoms with Gasteiger partial charge in [-0.1, -0.05) is 17.7 Å². The molecule has 3 aromatic rings. The molecule has 2 fully saturated rings. The number of alkyl halides is 3. The number of nitrogens with zero attached hydrogens (tertiary/aromatic N) is 5. The van der Waals surface area contributed by atoms with Crippen molar-refractivity contribution in [2.24, 2.45) is 0 Å². The maximum Gasteiger partial charge on any atom is 0.436 e. The molecule has 0 bridgehead atoms. The molecule has 5 rings (SSSR count). The van der Waals surface area contributed by atoms with Crippen molar-refractivity contribution in [1.29, 1.82) is 0 Å². The second-order valence-electron chi connectivity index (χ2n) is 8.07. The molecule has 1 aliphatic carbocycles. The Morgan fingerprint density at radius 1 is 1.19 bits per heavy atom. The Morgan fingerprint density at radius 2 is 1.94 bits per heavy atom. The van der Waals surface area contributed by atoms with Gasteiger partial charge in [-0.3, -0.25) is 9.48 Å². The van der Waals surface area contributed by atoms with Gasteiger partial charge in [0.2, 0.25) is 0 Å². The van der Waals surface area contributed by atoms with Crippen molar-refractivity contribution in [1.82, 2.24) is 19.6 Å². The summed E-state index contributed by atoms with van der Waals surface area (Å²) in [4.78, 5) is 14.8. The molecule has 2 aliphatic rings. The zero-order valence-electron chi connectivity index (χ0n) is 16.9. The summed E-state index contributed by atoms with van der Waals surface area (Å²) in [7, 11) is 0. The first-order valence-corrected chi connectivity index (χ1v) is 10.5. The number of carbonyl (C=O) groups excluding carboxylic acids is 1. The SMILES string of the molecule is Cc1c(Cl)c(C(F)(F)F)nn1C1CCN(c2cnn(-c3cccc(F)c3)c2C2CC2)C1=O. The molecule has 0 spiro atoms. The number of halogens is 5. The number of rotatable bonds is 4. The molecule has 1 aliphatic heterocycles. The van der Waals surface area contributed by atoms with Gasteiger partial charge in [0, 0.05) is 12.5 Å². The molecule has 3 heterocycles. The molecule has 2 aromatic heterocycles. The van der Waals surface area contributed by atoms with Crippen LogP contribution in [-0.2, 0) is 11.0 Å². The van der Waals surface area contributed by atoms with E-state index in [1.807, 2.05) is 0 Å². The molecule has 1 saturated heterocycles. The summed E-state index contributed by atoms with van der Waals surface area (Å²) in [5.74, 6) is -0.591. The van der Waals surface area contributed by atoms with Crippen LogP contribution in [0.3, 0.4) is 0 Å². The van der Waals surface area contributed by atoms with E-state index in [1.165, 1.54) is 24.0 Å². The van der Waals surface area contributed by atoms with Crippen molar-refractivity contribution in [3.05, 3.63) is 58.4 Å². The molecule has 1 saturated carbocycles. The number of hydrogen-bond acceptors (Lipinski definition) is 3. The summed E-state index contributed by atoms with van der Waals surface area (Å²) >= 11 is 5.86. The van der Waals surface area contributed by atoms with Crippen molar-refractivity contribution < 1.29 is 22.4 Å². The molecule has 1 aromatic carbocycles. The lowest BCUT2D eigenvalue weighted by Crippen LogP contribution is -2.29. The Bertz CT molecular complexity index is 1210. The number of carbonyl (C=O) groups is 1. The Kier molecular flexibility index (Phi) is 4.81. The Morgan fingerprint density at radius 3 is 2.56 bits per heavy atom. The van der Waals surface area contributed by atoms with Crippen LogP contribution < -0.4 is 4.90 Å². The van der Waals surface area contributed by atoms with E-state index in [0.29, 0.717) is 17.9 Å². The number of amides is 1. The summed E-state index contributed by atoms with van der Waals surface area (Å²) in [6, 6.07) is 5.13. The molecule has 0 N–H and O–H groups in total. The Labute approximate surface area is 185 Å². The third-order valence-electron chi connectivity index (χ3n) is 5.91. The van der Waals surface area contributed by atoms with Gasteiger partial charge in [-0.2, -0.15) is 23.4 Å². The third kappa shape index (κ3) is 3.37. The third-order valence-corrected chi connectivity index (χ3v) is 6.36. The zero-order chi connectivity index (χ0) is 22.8. The predicted octanol–water partition coefficient (Wildman–Crippen LogP) is 5.04. The number of hydrogen-bond donors (Lipinski definition) is 0. The van der Waals surface area contributed by atoms with Crippen LogP contribution in [0.5, 0.6) is 0 Å². The topological polar surface area (TPSA) is 56.0 Å². The Balaban J connectivity index is 1.50. The number of benzene rings is 1. The lowest BCUT2D eigenvalue weighted by Gasteiger charge is -2.18. The van der Waals surface area contributed by atoms with Crippen molar-refractivity contribution >= 4 is 23.2 Å². The first-order chi connectivity index (χ1) is 15.2. The predicted molar refractivity (Wildman–Crippen MR) is 108 cm³/mol. The van der Waals surface area contributed by atoms with Gasteiger partial charge in [-0.25, -0.2) is 9.07 Å². The van der Waals surface area contributed by atoms with Crippen LogP contribution in [0.4, 0.5) is 23.2 Å². The van der Waals surface area contributed by atoms with E-state index in [-0.39, 0.29) is 23.9 Å². The molecular weight excluding hydrogens is 450 g/mol. The summed E-state index contributed by atoms with van der Waals surface area (Å²) in [5.41, 5.74) is 0.843. The van der Waals surface area contributed by atoms with Gasteiger partial charge in [0.05, 0.1) is 34.0 Å². The van der Waals surface area contributed by atoms with Gasteiger partial charge >= 0.3 is 6.18 Å². The van der Waals surface area contributed by atoms with Crippen LogP contribution in [0, 0.1) is 12.7 Å². The minimum atomic E-state index is -4.71. The van der Waals surface area contributed by atoms with E-state index < -0.39 is 28.8 Å². The minimum absolute atomic E-state index is 0.0945. The molecule has 168 valence electrons. The largest absolute Gasteiger partial charge is 0.436 e. The maximum atomic E-state index is 13.8. The van der Waals surface area contributed by atoms with Gasteiger partial charge in [0.15, 0.2) is 5.69 Å². The second kappa shape index (κ2) is 7.33. The fourth-order valence-electron chi connectivity index (χ4n) is 4.22. The highest BCUT2D eigenvalue weighted by molar-refractivity contribution is 6.32. The lowest BCUT2D eigenvalue weighted by atomic mass is 10.2. The zero-order valence-corrected chi connectivity index (χ0v) is 17.7. The van der Waals surface area contributed by atoms with Gasteiger partial charge in [0.1, 0.15) is 11.9 Å². The van der Waals surface area contributed by atoms with E-state index in [1.54, 1.807) is 23.0 Å². The Hall–Kier alpha value is -2.88. The van der Waals surface area contributed by atoms with E-state index in [2.05, 4.69) is 10.2 Å². The van der Waals surface area contributed by atoms with Crippen LogP contribution in [-0.4, -0.2) is 32.0 Å². The quantitative estimate of drug-likeness (QED) is 0.505. The van der Waals surface area contributed by atoms with Gasteiger partial charge in [-0.15, -0.1) is 0 Å². The fourth-order valence-corrected chi connectivity index (χ4v) is 4.46. The van der Waals surface area contributed by atoms with E-state index >= 15 is 0 Å². The summed E-state index contributed by atoms with van der Waals surface area (Å²) in [6.45, 7) is 1.72. The monoisotopic (exact) mass is 467 g/mol. The maximum absolute atomic E-state index is 13.8. The van der Waals surface area contributed by atoms with Crippen molar-refractivity contribution in [2.45, 2.75) is 44.3 Å². The molecule has 1 atom stereocenters. The highest BCUT2D eigenvalue weighted by Gasteiger charge is 2.43. The summed E-state index contributed by atoms with van der Waals surface area (Å²) in [5, 5.41) is 7.52. The molecule has 0 radical (unpaired) electrons. The summed E-state index contributed by atoms with van der Waals surface area (Å²) < 4.78 is 56.1. The van der Waals surface area contributed by atoms with Crippen LogP contribution >= 0.6 is 11.6 Å². The van der Waals surface area contributed by atoms with Crippen molar-refractivity contribution in [2.75, 3.05) is 11.4 Å². The normalized spacial score (nSPS) is 19.2. The van der Waals surface area contributed by atoms with Gasteiger partial charge in [0.25, 0.3) is 5.91 Å². The van der Waals surface area contributed by atoms with Crippen molar-refractivity contribution in [3.63, 3.8) is 0 Å². The molecule has 32 heavy (non-hydrogen) atoms. The second-order valence-corrected chi connectivity index (χ2v) is 8.44. The molecule has 6 nitrogen and oxygen atoms in total. The molecule has 1 amide bonds. The van der Waals surface area contributed by atoms with Gasteiger partial charge < -0.3 is 4.90 Å². The lowest BCUT2D eigenvalue weighted by molar-refractivity contribution is -0.141. The highest BCUT2D eigenvalue weighted by atomic mass is 35.5. The van der Waals surface area contributed by atoms with Crippen LogP contribution in [0.25, 0.3) is 5.69 Å². The first-order valence-electron chi connectivity index (χ1n) is 10.1. The van der Waals surface area contributed by atoms with Crippen LogP contribution in [0.15, 0.2) is 30.5 Å². The van der Waals surface area contributed by atoms with Crippen LogP contribution in [0.2, 0.25) is 5.02 Å². The number of anilines is 1. The average Bonchev–Trinajstić information content (AvgIpc) is 3.26. The fraction of sp³-hybridized carbons (Fsp3) is 0.381. The smallest absolute Gasteiger partial charge is 0.307 e. The van der Waals surface area contributed by atoms with E-state index in [0.717, 1.165) is 23.2 Å². The van der Waals surface area contributed by atoms with Crippen LogP contribution in [0.1, 0.15) is 48.3 Å². The number of aromatic nitrogens is 4.